The molecule has 2 rings (SSSR count). The highest BCUT2D eigenvalue weighted by Gasteiger charge is 2.09. The van der Waals surface area contributed by atoms with Crippen LogP contribution in [0.2, 0.25) is 0 Å². The lowest BCUT2D eigenvalue weighted by molar-refractivity contribution is 0.276. The van der Waals surface area contributed by atoms with Crippen LogP contribution >= 0.6 is 0 Å². The average Bonchev–Trinajstić information content (AvgIpc) is 2.86. The molecular weight excluding hydrogens is 250 g/mol. The summed E-state index contributed by atoms with van der Waals surface area (Å²) in [4.78, 5) is 0. The Morgan fingerprint density at radius 3 is 2.60 bits per heavy atom. The van der Waals surface area contributed by atoms with Gasteiger partial charge in [0.15, 0.2) is 0 Å². The van der Waals surface area contributed by atoms with Crippen LogP contribution in [-0.2, 0) is 13.2 Å². The molecule has 2 aromatic rings. The number of hydrogen-bond donors (Lipinski definition) is 1. The molecule has 1 aromatic carbocycles. The van der Waals surface area contributed by atoms with Gasteiger partial charge in [-0.05, 0) is 24.0 Å². The van der Waals surface area contributed by atoms with Gasteiger partial charge in [0, 0.05) is 6.54 Å². The van der Waals surface area contributed by atoms with Gasteiger partial charge in [-0.15, -0.1) is 5.10 Å². The first kappa shape index (κ1) is 14.5. The average molecular weight is 271 g/mol. The zero-order valence-corrected chi connectivity index (χ0v) is 12.0. The Bertz CT molecular complexity index is 558. The van der Waals surface area contributed by atoms with Crippen molar-refractivity contribution in [1.29, 1.82) is 0 Å². The van der Waals surface area contributed by atoms with Gasteiger partial charge in [0.25, 0.3) is 0 Å². The van der Waals surface area contributed by atoms with Crippen molar-refractivity contribution in [1.82, 2.24) is 15.0 Å². The van der Waals surface area contributed by atoms with Crippen LogP contribution in [0.4, 0.5) is 0 Å². The van der Waals surface area contributed by atoms with Gasteiger partial charge in [0.05, 0.1) is 12.3 Å². The van der Waals surface area contributed by atoms with E-state index in [-0.39, 0.29) is 6.61 Å². The molecule has 1 heterocycles. The minimum atomic E-state index is -0.0872. The molecule has 0 radical (unpaired) electrons. The molecule has 0 aliphatic carbocycles. The first-order chi connectivity index (χ1) is 9.70. The molecule has 0 amide bonds. The second-order valence-corrected chi connectivity index (χ2v) is 5.23. The van der Waals surface area contributed by atoms with Crippen molar-refractivity contribution in [2.45, 2.75) is 33.4 Å². The maximum absolute atomic E-state index is 9.36. The fraction of sp³-hybridized carbons (Fsp3) is 0.375. The normalized spacial score (nSPS) is 11.6. The van der Waals surface area contributed by atoms with Gasteiger partial charge in [-0.3, -0.25) is 0 Å². The summed E-state index contributed by atoms with van der Waals surface area (Å²) in [5.41, 5.74) is 2.63. The van der Waals surface area contributed by atoms with Crippen LogP contribution < -0.4 is 0 Å². The molecule has 0 fully saturated rings. The van der Waals surface area contributed by atoms with E-state index in [1.165, 1.54) is 0 Å². The van der Waals surface area contributed by atoms with Crippen molar-refractivity contribution in [2.75, 3.05) is 0 Å². The molecule has 1 N–H and O–H groups in total. The van der Waals surface area contributed by atoms with E-state index >= 15 is 0 Å². The van der Waals surface area contributed by atoms with E-state index in [9.17, 15) is 5.11 Å². The van der Waals surface area contributed by atoms with Crippen LogP contribution in [0.25, 0.3) is 12.2 Å². The quantitative estimate of drug-likeness (QED) is 0.878. The Labute approximate surface area is 119 Å². The van der Waals surface area contributed by atoms with E-state index in [0.717, 1.165) is 24.2 Å². The van der Waals surface area contributed by atoms with E-state index < -0.39 is 0 Å². The smallest absolute Gasteiger partial charge is 0.115 e. The van der Waals surface area contributed by atoms with Gasteiger partial charge in [-0.25, -0.2) is 4.68 Å². The highest BCUT2D eigenvalue weighted by atomic mass is 16.3. The Morgan fingerprint density at radius 1 is 1.20 bits per heavy atom. The maximum atomic E-state index is 9.36. The number of aliphatic hydroxyl groups excluding tert-OH is 1. The molecule has 0 aliphatic rings. The Kier molecular flexibility index (Phi) is 5.07. The fourth-order valence-corrected chi connectivity index (χ4v) is 1.94. The van der Waals surface area contributed by atoms with Crippen molar-refractivity contribution in [2.24, 2.45) is 5.92 Å². The van der Waals surface area contributed by atoms with Crippen LogP contribution in [0.5, 0.6) is 0 Å². The SMILES string of the molecule is CC(C)CCn1nnc(CO)c1/C=C/c1ccccc1. The molecule has 0 aliphatic heterocycles. The van der Waals surface area contributed by atoms with Crippen molar-refractivity contribution in [3.63, 3.8) is 0 Å². The molecule has 106 valence electrons. The molecule has 4 heteroatoms. The maximum Gasteiger partial charge on any atom is 0.115 e. The van der Waals surface area contributed by atoms with Crippen LogP contribution in [0, 0.1) is 5.92 Å². The van der Waals surface area contributed by atoms with Crippen molar-refractivity contribution in [3.8, 4) is 0 Å². The summed E-state index contributed by atoms with van der Waals surface area (Å²) in [5, 5.41) is 17.5. The Morgan fingerprint density at radius 2 is 1.95 bits per heavy atom. The number of aliphatic hydroxyl groups is 1. The predicted molar refractivity (Wildman–Crippen MR) is 80.8 cm³/mol. The molecule has 20 heavy (non-hydrogen) atoms. The molecule has 0 unspecified atom stereocenters. The number of nitrogens with zero attached hydrogens (tertiary/aromatic N) is 3. The third-order valence-corrected chi connectivity index (χ3v) is 3.15. The summed E-state index contributed by atoms with van der Waals surface area (Å²) in [5.74, 6) is 0.614. The minimum absolute atomic E-state index is 0.0872. The lowest BCUT2D eigenvalue weighted by Gasteiger charge is -2.06. The second kappa shape index (κ2) is 7.01. The molecule has 0 saturated carbocycles. The highest BCUT2D eigenvalue weighted by Crippen LogP contribution is 2.13. The molecule has 0 atom stereocenters. The fourth-order valence-electron chi connectivity index (χ4n) is 1.94. The Hall–Kier alpha value is -1.94. The van der Waals surface area contributed by atoms with Gasteiger partial charge in [0.2, 0.25) is 0 Å². The minimum Gasteiger partial charge on any atom is -0.390 e. The van der Waals surface area contributed by atoms with Crippen LogP contribution in [-0.4, -0.2) is 20.1 Å². The zero-order valence-electron chi connectivity index (χ0n) is 12.0. The zero-order chi connectivity index (χ0) is 14.4. The predicted octanol–water partition coefficient (Wildman–Crippen LogP) is 2.99. The lowest BCUT2D eigenvalue weighted by Crippen LogP contribution is -2.05. The van der Waals surface area contributed by atoms with Crippen molar-refractivity contribution >= 4 is 12.2 Å². The summed E-state index contributed by atoms with van der Waals surface area (Å²) >= 11 is 0. The van der Waals surface area contributed by atoms with Gasteiger partial charge >= 0.3 is 0 Å². The van der Waals surface area contributed by atoms with Crippen molar-refractivity contribution in [3.05, 3.63) is 47.3 Å². The van der Waals surface area contributed by atoms with Crippen LogP contribution in [0.1, 0.15) is 37.2 Å². The molecular formula is C16H21N3O. The summed E-state index contributed by atoms with van der Waals surface area (Å²) < 4.78 is 1.87. The van der Waals surface area contributed by atoms with Gasteiger partial charge in [-0.2, -0.15) is 0 Å². The summed E-state index contributed by atoms with van der Waals surface area (Å²) in [6.45, 7) is 5.10. The lowest BCUT2D eigenvalue weighted by atomic mass is 10.1. The van der Waals surface area contributed by atoms with Gasteiger partial charge in [0.1, 0.15) is 5.69 Å². The Balaban J connectivity index is 2.20. The number of benzene rings is 1. The van der Waals surface area contributed by atoms with E-state index in [0.29, 0.717) is 11.6 Å². The number of rotatable bonds is 6. The van der Waals surface area contributed by atoms with Gasteiger partial charge in [-0.1, -0.05) is 55.5 Å². The van der Waals surface area contributed by atoms with Gasteiger partial charge < -0.3 is 5.11 Å². The first-order valence-electron chi connectivity index (χ1n) is 6.97. The van der Waals surface area contributed by atoms with E-state index in [2.05, 4.69) is 24.2 Å². The number of hydrogen-bond acceptors (Lipinski definition) is 3. The number of aryl methyl sites for hydroxylation is 1. The summed E-state index contributed by atoms with van der Waals surface area (Å²) in [7, 11) is 0. The van der Waals surface area contributed by atoms with E-state index in [1.807, 2.05) is 47.2 Å². The standard InChI is InChI=1S/C16H21N3O/c1-13(2)10-11-19-16(15(12-20)17-18-19)9-8-14-6-4-3-5-7-14/h3-9,13,20H,10-12H2,1-2H3/b9-8+. The third kappa shape index (κ3) is 3.78. The molecule has 4 nitrogen and oxygen atoms in total. The van der Waals surface area contributed by atoms with Crippen LogP contribution in [0.15, 0.2) is 30.3 Å². The van der Waals surface area contributed by atoms with Crippen molar-refractivity contribution < 1.29 is 5.11 Å². The molecule has 1 aromatic heterocycles. The van der Waals surface area contributed by atoms with E-state index in [4.69, 9.17) is 0 Å². The summed E-state index contributed by atoms with van der Waals surface area (Å²) in [6, 6.07) is 10.1. The topological polar surface area (TPSA) is 50.9 Å². The monoisotopic (exact) mass is 271 g/mol. The number of aromatic nitrogens is 3. The summed E-state index contributed by atoms with van der Waals surface area (Å²) in [6.07, 6.45) is 5.03. The first-order valence-corrected chi connectivity index (χ1v) is 6.97. The second-order valence-electron chi connectivity index (χ2n) is 5.23. The third-order valence-electron chi connectivity index (χ3n) is 3.15. The van der Waals surface area contributed by atoms with Crippen LogP contribution in [0.3, 0.4) is 0 Å². The largest absolute Gasteiger partial charge is 0.390 e. The molecule has 0 spiro atoms. The highest BCUT2D eigenvalue weighted by molar-refractivity contribution is 5.68. The molecule has 0 bridgehead atoms. The van der Waals surface area contributed by atoms with E-state index in [1.54, 1.807) is 0 Å². The molecule has 0 saturated heterocycles.